The third kappa shape index (κ3) is 9.18. The van der Waals surface area contributed by atoms with Crippen LogP contribution in [0.4, 0.5) is 0 Å². The fraction of sp³-hybridized carbons (Fsp3) is 0.409. The summed E-state index contributed by atoms with van der Waals surface area (Å²) in [5.41, 5.74) is 1.52. The predicted octanol–water partition coefficient (Wildman–Crippen LogP) is -1.34. The quantitative estimate of drug-likeness (QED) is 0.177. The summed E-state index contributed by atoms with van der Waals surface area (Å²) >= 11 is 0. The number of methoxy groups -OCH3 is 1. The van der Waals surface area contributed by atoms with Gasteiger partial charge in [-0.3, -0.25) is 8.98 Å². The summed E-state index contributed by atoms with van der Waals surface area (Å²) in [5.74, 6) is -0.106. The molecule has 1 aliphatic heterocycles. The van der Waals surface area contributed by atoms with Crippen LogP contribution < -0.4 is 34.9 Å². The molecule has 2 aromatic carbocycles. The smallest absolute Gasteiger partial charge is 0.726 e. The fourth-order valence-electron chi connectivity index (χ4n) is 3.49. The van der Waals surface area contributed by atoms with E-state index in [0.29, 0.717) is 12.2 Å². The standard InChI is InChI=1S/C22H27NO8S.Na/c1-28-22-21(23-13-19(24)17-10-6-3-7-11-17)20(29-14-16-8-4-2-5-9-16)12-18(31-22)15-30-32(25,26)27;/h2-11,18,20-23H,12-15H2,1H3,(H,25,26,27);/q;+1/p-1/t18?,20?,21?,22-;/m0./s1. The van der Waals surface area contributed by atoms with Gasteiger partial charge in [-0.2, -0.15) is 0 Å². The van der Waals surface area contributed by atoms with Gasteiger partial charge in [-0.05, 0) is 5.56 Å². The molecule has 1 N–H and O–H groups in total. The van der Waals surface area contributed by atoms with Crippen LogP contribution in [0, 0.1) is 0 Å². The van der Waals surface area contributed by atoms with E-state index in [1.807, 2.05) is 36.4 Å². The van der Waals surface area contributed by atoms with Crippen molar-refractivity contribution >= 4 is 16.2 Å². The van der Waals surface area contributed by atoms with E-state index >= 15 is 0 Å². The van der Waals surface area contributed by atoms with Crippen molar-refractivity contribution in [3.05, 3.63) is 71.8 Å². The summed E-state index contributed by atoms with van der Waals surface area (Å²) in [5, 5.41) is 3.15. The second-order valence-electron chi connectivity index (χ2n) is 7.32. The van der Waals surface area contributed by atoms with E-state index in [-0.39, 0.29) is 48.3 Å². The molecule has 0 aliphatic carbocycles. The Bertz CT molecular complexity index is 961. The Morgan fingerprint density at radius 3 is 2.36 bits per heavy atom. The number of carbonyl (C=O) groups excluding carboxylic acids is 1. The minimum atomic E-state index is -4.86. The van der Waals surface area contributed by atoms with Crippen LogP contribution >= 0.6 is 0 Å². The van der Waals surface area contributed by atoms with Gasteiger partial charge in [0, 0.05) is 19.1 Å². The molecule has 1 fully saturated rings. The van der Waals surface area contributed by atoms with E-state index in [9.17, 15) is 17.8 Å². The van der Waals surface area contributed by atoms with Crippen LogP contribution in [0.3, 0.4) is 0 Å². The van der Waals surface area contributed by atoms with Crippen molar-refractivity contribution in [1.82, 2.24) is 5.32 Å². The van der Waals surface area contributed by atoms with Crippen molar-refractivity contribution in [3.63, 3.8) is 0 Å². The van der Waals surface area contributed by atoms with E-state index in [2.05, 4.69) is 9.50 Å². The third-order valence-corrected chi connectivity index (χ3v) is 5.47. The van der Waals surface area contributed by atoms with E-state index in [4.69, 9.17) is 14.2 Å². The molecule has 3 rings (SSSR count). The second-order valence-corrected chi connectivity index (χ2v) is 8.37. The van der Waals surface area contributed by atoms with Crippen molar-refractivity contribution in [3.8, 4) is 0 Å². The molecule has 33 heavy (non-hydrogen) atoms. The van der Waals surface area contributed by atoms with Gasteiger partial charge in [0.25, 0.3) is 0 Å². The number of hydrogen-bond donors (Lipinski definition) is 1. The van der Waals surface area contributed by atoms with Crippen molar-refractivity contribution in [2.45, 2.75) is 37.6 Å². The minimum absolute atomic E-state index is 0. The average molecular weight is 488 g/mol. The van der Waals surface area contributed by atoms with Gasteiger partial charge in [0.15, 0.2) is 12.1 Å². The van der Waals surface area contributed by atoms with E-state index in [0.717, 1.165) is 5.56 Å². The third-order valence-electron chi connectivity index (χ3n) is 5.05. The maximum Gasteiger partial charge on any atom is 1.00 e. The normalized spacial score (nSPS) is 23.0. The number of hydrogen-bond acceptors (Lipinski definition) is 9. The van der Waals surface area contributed by atoms with Gasteiger partial charge in [-0.1, -0.05) is 60.7 Å². The summed E-state index contributed by atoms with van der Waals surface area (Å²) in [6.07, 6.45) is -1.86. The van der Waals surface area contributed by atoms with Gasteiger partial charge in [0.2, 0.25) is 10.4 Å². The number of nitrogens with one attached hydrogen (secondary N) is 1. The zero-order valence-electron chi connectivity index (χ0n) is 18.6. The first-order chi connectivity index (χ1) is 15.4. The zero-order chi connectivity index (χ0) is 23.0. The van der Waals surface area contributed by atoms with E-state index in [1.54, 1.807) is 24.3 Å². The van der Waals surface area contributed by atoms with Crippen LogP contribution in [0.5, 0.6) is 0 Å². The second kappa shape index (κ2) is 13.6. The largest absolute Gasteiger partial charge is 1.00 e. The van der Waals surface area contributed by atoms with Crippen LogP contribution in [0.1, 0.15) is 22.3 Å². The first kappa shape index (κ1) is 28.1. The molecule has 1 aliphatic rings. The van der Waals surface area contributed by atoms with Crippen molar-refractivity contribution in [2.75, 3.05) is 20.3 Å². The maximum atomic E-state index is 12.5. The Balaban J connectivity index is 0.00000385. The molecule has 1 heterocycles. The molecule has 0 aromatic heterocycles. The summed E-state index contributed by atoms with van der Waals surface area (Å²) in [7, 11) is -3.43. The van der Waals surface area contributed by atoms with Crippen molar-refractivity contribution in [1.29, 1.82) is 0 Å². The summed E-state index contributed by atoms with van der Waals surface area (Å²) < 4.78 is 54.2. The van der Waals surface area contributed by atoms with Gasteiger partial charge in [0.1, 0.15) is 0 Å². The number of Topliss-reactive ketones (excluding diaryl/α,β-unsaturated/α-hetero) is 1. The van der Waals surface area contributed by atoms with E-state index in [1.165, 1.54) is 7.11 Å². The molecule has 4 atom stereocenters. The van der Waals surface area contributed by atoms with Crippen LogP contribution in [0.25, 0.3) is 0 Å². The summed E-state index contributed by atoms with van der Waals surface area (Å²) in [6.45, 7) is -0.133. The molecule has 0 amide bonds. The molecular formula is C22H26NNaO8S. The van der Waals surface area contributed by atoms with Gasteiger partial charge in [-0.25, -0.2) is 8.42 Å². The van der Waals surface area contributed by atoms with Crippen molar-refractivity contribution < 1.29 is 65.7 Å². The number of carbonyl (C=O) groups is 1. The molecule has 174 valence electrons. The van der Waals surface area contributed by atoms with E-state index < -0.39 is 41.5 Å². The summed E-state index contributed by atoms with van der Waals surface area (Å²) in [4.78, 5) is 12.5. The number of rotatable bonds is 11. The topological polar surface area (TPSA) is 123 Å². The molecule has 0 spiro atoms. The molecule has 11 heteroatoms. The molecule has 1 saturated heterocycles. The Hall–Kier alpha value is -1.18. The SMILES string of the molecule is CO[C@H]1OC(COS(=O)(=O)[O-])CC(OCc2ccccc2)C1NCC(=O)c1ccccc1.[Na+]. The fourth-order valence-corrected chi connectivity index (χ4v) is 3.81. The van der Waals surface area contributed by atoms with Gasteiger partial charge in [-0.15, -0.1) is 0 Å². The van der Waals surface area contributed by atoms with Crippen LogP contribution in [-0.4, -0.2) is 63.6 Å². The number of ether oxygens (including phenoxy) is 3. The zero-order valence-corrected chi connectivity index (χ0v) is 21.4. The summed E-state index contributed by atoms with van der Waals surface area (Å²) in [6, 6.07) is 17.9. The predicted molar refractivity (Wildman–Crippen MR) is 114 cm³/mol. The monoisotopic (exact) mass is 487 g/mol. The molecule has 0 radical (unpaired) electrons. The average Bonchev–Trinajstić information content (AvgIpc) is 2.80. The van der Waals surface area contributed by atoms with Crippen LogP contribution in [0.15, 0.2) is 60.7 Å². The Labute approximate surface area is 216 Å². The first-order valence-corrected chi connectivity index (χ1v) is 11.4. The minimum Gasteiger partial charge on any atom is -0.726 e. The Kier molecular flexibility index (Phi) is 11.6. The maximum absolute atomic E-state index is 12.5. The van der Waals surface area contributed by atoms with Gasteiger partial charge in [0.05, 0.1) is 38.0 Å². The molecular weight excluding hydrogens is 461 g/mol. The van der Waals surface area contributed by atoms with Gasteiger partial charge >= 0.3 is 29.6 Å². The van der Waals surface area contributed by atoms with Crippen LogP contribution in [-0.2, 0) is 35.4 Å². The van der Waals surface area contributed by atoms with Crippen LogP contribution in [0.2, 0.25) is 0 Å². The van der Waals surface area contributed by atoms with Crippen molar-refractivity contribution in [2.24, 2.45) is 0 Å². The molecule has 2 aromatic rings. The molecule has 9 nitrogen and oxygen atoms in total. The molecule has 0 bridgehead atoms. The Morgan fingerprint density at radius 1 is 1.12 bits per heavy atom. The van der Waals surface area contributed by atoms with Gasteiger partial charge < -0.3 is 24.1 Å². The Morgan fingerprint density at radius 2 is 1.76 bits per heavy atom. The number of ketones is 1. The molecule has 3 unspecified atom stereocenters. The first-order valence-electron chi connectivity index (χ1n) is 10.1. The number of benzene rings is 2. The molecule has 0 saturated carbocycles.